The van der Waals surface area contributed by atoms with Crippen LogP contribution in [0.4, 0.5) is 5.69 Å². The number of carbonyl (C=O) groups excluding carboxylic acids is 1. The van der Waals surface area contributed by atoms with Gasteiger partial charge in [-0.3, -0.25) is 4.79 Å². The van der Waals surface area contributed by atoms with Crippen molar-refractivity contribution in [3.63, 3.8) is 0 Å². The van der Waals surface area contributed by atoms with Gasteiger partial charge in [-0.15, -0.1) is 11.3 Å². The third-order valence-electron chi connectivity index (χ3n) is 6.08. The van der Waals surface area contributed by atoms with Crippen LogP contribution in [-0.2, 0) is 15.6 Å². The normalized spacial score (nSPS) is 19.6. The highest BCUT2D eigenvalue weighted by Gasteiger charge is 2.33. The SMILES string of the molecule is Cc1cccc(N2CCN(C(=O)c3cc4c(s3)-c3ccccc3S(=O)(=O)C4)CC2C)c1. The van der Waals surface area contributed by atoms with E-state index < -0.39 is 9.84 Å². The zero-order chi connectivity index (χ0) is 21.8. The average Bonchev–Trinajstić information content (AvgIpc) is 3.16. The number of fused-ring (bicyclic) bond motifs is 3. The summed E-state index contributed by atoms with van der Waals surface area (Å²) >= 11 is 1.41. The molecule has 2 aromatic carbocycles. The Balaban J connectivity index is 1.39. The minimum Gasteiger partial charge on any atom is -0.365 e. The van der Waals surface area contributed by atoms with Crippen LogP contribution in [0.15, 0.2) is 59.5 Å². The molecule has 7 heteroatoms. The van der Waals surface area contributed by atoms with Crippen LogP contribution in [0.25, 0.3) is 10.4 Å². The van der Waals surface area contributed by atoms with Gasteiger partial charge in [-0.05, 0) is 49.2 Å². The Bertz CT molecular complexity index is 1280. The fourth-order valence-corrected chi connectivity index (χ4v) is 7.49. The van der Waals surface area contributed by atoms with E-state index >= 15 is 0 Å². The number of aryl methyl sites for hydroxylation is 1. The van der Waals surface area contributed by atoms with Gasteiger partial charge in [0.25, 0.3) is 5.91 Å². The molecular formula is C24H24N2O3S2. The lowest BCUT2D eigenvalue weighted by molar-refractivity contribution is 0.0731. The summed E-state index contributed by atoms with van der Waals surface area (Å²) in [6, 6.07) is 17.5. The van der Waals surface area contributed by atoms with Gasteiger partial charge in [0.2, 0.25) is 0 Å². The third kappa shape index (κ3) is 3.55. The second-order valence-corrected chi connectivity index (χ2v) is 11.4. The molecule has 1 aromatic heterocycles. The number of carbonyl (C=O) groups is 1. The molecule has 1 unspecified atom stereocenters. The van der Waals surface area contributed by atoms with Gasteiger partial charge in [-0.25, -0.2) is 8.42 Å². The van der Waals surface area contributed by atoms with Crippen LogP contribution in [0.1, 0.15) is 27.7 Å². The first kappa shape index (κ1) is 20.3. The second-order valence-electron chi connectivity index (χ2n) is 8.35. The lowest BCUT2D eigenvalue weighted by atomic mass is 10.1. The van der Waals surface area contributed by atoms with Gasteiger partial charge in [-0.1, -0.05) is 30.3 Å². The molecule has 3 heterocycles. The first-order valence-electron chi connectivity index (χ1n) is 10.4. The zero-order valence-electron chi connectivity index (χ0n) is 17.5. The smallest absolute Gasteiger partial charge is 0.264 e. The molecule has 0 bridgehead atoms. The van der Waals surface area contributed by atoms with Gasteiger partial charge in [0.15, 0.2) is 9.84 Å². The summed E-state index contributed by atoms with van der Waals surface area (Å²) in [6.45, 7) is 6.30. The number of anilines is 1. The molecule has 5 rings (SSSR count). The number of sulfone groups is 1. The number of benzene rings is 2. The van der Waals surface area contributed by atoms with Crippen molar-refractivity contribution in [3.8, 4) is 10.4 Å². The van der Waals surface area contributed by atoms with Crippen LogP contribution >= 0.6 is 11.3 Å². The maximum atomic E-state index is 13.3. The maximum Gasteiger partial charge on any atom is 0.264 e. The number of thiophene rings is 1. The second kappa shape index (κ2) is 7.50. The molecule has 1 saturated heterocycles. The largest absolute Gasteiger partial charge is 0.365 e. The predicted octanol–water partition coefficient (Wildman–Crippen LogP) is 4.36. The summed E-state index contributed by atoms with van der Waals surface area (Å²) in [5.74, 6) is -0.0502. The molecule has 0 aliphatic carbocycles. The summed E-state index contributed by atoms with van der Waals surface area (Å²) < 4.78 is 25.3. The highest BCUT2D eigenvalue weighted by Crippen LogP contribution is 2.43. The van der Waals surface area contributed by atoms with E-state index in [2.05, 4.69) is 43.0 Å². The molecule has 160 valence electrons. The summed E-state index contributed by atoms with van der Waals surface area (Å²) in [5, 5.41) is 0. The Morgan fingerprint density at radius 3 is 2.65 bits per heavy atom. The van der Waals surface area contributed by atoms with Crippen molar-refractivity contribution in [1.82, 2.24) is 4.90 Å². The van der Waals surface area contributed by atoms with Gasteiger partial charge >= 0.3 is 0 Å². The minimum absolute atomic E-state index is 0.00924. The van der Waals surface area contributed by atoms with Gasteiger partial charge in [0, 0.05) is 41.8 Å². The van der Waals surface area contributed by atoms with Crippen molar-refractivity contribution in [3.05, 3.63) is 70.6 Å². The van der Waals surface area contributed by atoms with Gasteiger partial charge in [0.1, 0.15) is 0 Å². The van der Waals surface area contributed by atoms with Gasteiger partial charge in [0.05, 0.1) is 15.5 Å². The van der Waals surface area contributed by atoms with Crippen molar-refractivity contribution >= 4 is 32.8 Å². The van der Waals surface area contributed by atoms with E-state index in [4.69, 9.17) is 0 Å². The standard InChI is InChI=1S/C24H24N2O3S2/c1-16-6-5-7-19(12-16)26-11-10-25(14-17(26)2)24(27)21-13-18-15-31(28,29)22-9-4-3-8-20(22)23(18)30-21/h3-9,12-13,17H,10-11,14-15H2,1-2H3. The Hall–Kier alpha value is -2.64. The van der Waals surface area contributed by atoms with Crippen molar-refractivity contribution in [2.45, 2.75) is 30.5 Å². The molecule has 1 atom stereocenters. The minimum atomic E-state index is -3.37. The van der Waals surface area contributed by atoms with E-state index in [1.807, 2.05) is 17.0 Å². The van der Waals surface area contributed by atoms with Crippen molar-refractivity contribution in [2.24, 2.45) is 0 Å². The third-order valence-corrected chi connectivity index (χ3v) is 9.00. The molecule has 2 aliphatic rings. The molecule has 2 aliphatic heterocycles. The molecule has 1 fully saturated rings. The Kier molecular flexibility index (Phi) is 4.90. The Labute approximate surface area is 186 Å². The topological polar surface area (TPSA) is 57.7 Å². The number of hydrogen-bond donors (Lipinski definition) is 0. The van der Waals surface area contributed by atoms with Gasteiger partial charge in [-0.2, -0.15) is 0 Å². The lowest BCUT2D eigenvalue weighted by Crippen LogP contribution is -2.53. The van der Waals surface area contributed by atoms with Gasteiger partial charge < -0.3 is 9.80 Å². The Morgan fingerprint density at radius 1 is 1.06 bits per heavy atom. The van der Waals surface area contributed by atoms with Crippen LogP contribution < -0.4 is 4.90 Å². The molecule has 31 heavy (non-hydrogen) atoms. The molecule has 0 N–H and O–H groups in total. The average molecular weight is 453 g/mol. The fourth-order valence-electron chi connectivity index (χ4n) is 4.57. The van der Waals surface area contributed by atoms with Crippen molar-refractivity contribution in [1.29, 1.82) is 0 Å². The van der Waals surface area contributed by atoms with Crippen LogP contribution in [0.5, 0.6) is 0 Å². The van der Waals surface area contributed by atoms with E-state index in [1.165, 1.54) is 22.6 Å². The molecular weight excluding hydrogens is 428 g/mol. The van der Waals surface area contributed by atoms with Crippen molar-refractivity contribution < 1.29 is 13.2 Å². The monoisotopic (exact) mass is 452 g/mol. The maximum absolute atomic E-state index is 13.3. The number of amides is 1. The van der Waals surface area contributed by atoms with E-state index in [0.717, 1.165) is 17.0 Å². The van der Waals surface area contributed by atoms with Crippen molar-refractivity contribution in [2.75, 3.05) is 24.5 Å². The summed E-state index contributed by atoms with van der Waals surface area (Å²) in [6.07, 6.45) is 0. The lowest BCUT2D eigenvalue weighted by Gasteiger charge is -2.41. The van der Waals surface area contributed by atoms with E-state index in [0.29, 0.717) is 28.4 Å². The number of rotatable bonds is 2. The predicted molar refractivity (Wildman–Crippen MR) is 125 cm³/mol. The number of piperazine rings is 1. The van der Waals surface area contributed by atoms with Crippen LogP contribution in [0, 0.1) is 6.92 Å². The summed E-state index contributed by atoms with van der Waals surface area (Å²) in [4.78, 5) is 19.4. The van der Waals surface area contributed by atoms with Crippen LogP contribution in [0.3, 0.4) is 0 Å². The van der Waals surface area contributed by atoms with E-state index in [-0.39, 0.29) is 17.7 Å². The summed E-state index contributed by atoms with van der Waals surface area (Å²) in [7, 11) is -3.37. The van der Waals surface area contributed by atoms with E-state index in [1.54, 1.807) is 18.2 Å². The molecule has 1 amide bonds. The number of nitrogens with zero attached hydrogens (tertiary/aromatic N) is 2. The van der Waals surface area contributed by atoms with E-state index in [9.17, 15) is 13.2 Å². The van der Waals surface area contributed by atoms with Crippen LogP contribution in [-0.4, -0.2) is 44.9 Å². The molecule has 3 aromatic rings. The highest BCUT2D eigenvalue weighted by molar-refractivity contribution is 7.91. The summed E-state index contributed by atoms with van der Waals surface area (Å²) in [5.41, 5.74) is 3.86. The molecule has 5 nitrogen and oxygen atoms in total. The first-order valence-corrected chi connectivity index (χ1v) is 12.9. The molecule has 0 saturated carbocycles. The molecule has 0 spiro atoms. The Morgan fingerprint density at radius 2 is 1.87 bits per heavy atom. The quantitative estimate of drug-likeness (QED) is 0.580. The van der Waals surface area contributed by atoms with Crippen LogP contribution in [0.2, 0.25) is 0 Å². The number of hydrogen-bond acceptors (Lipinski definition) is 5. The first-order chi connectivity index (χ1) is 14.8. The molecule has 0 radical (unpaired) electrons. The fraction of sp³-hybridized carbons (Fsp3) is 0.292. The zero-order valence-corrected chi connectivity index (χ0v) is 19.2. The highest BCUT2D eigenvalue weighted by atomic mass is 32.2.